The van der Waals surface area contributed by atoms with E-state index in [2.05, 4.69) is 10.2 Å². The Morgan fingerprint density at radius 3 is 2.65 bits per heavy atom. The molecule has 0 saturated heterocycles. The predicted molar refractivity (Wildman–Crippen MR) is 99.6 cm³/mol. The summed E-state index contributed by atoms with van der Waals surface area (Å²) in [6.07, 6.45) is -0.614. The molecule has 0 aliphatic heterocycles. The molecule has 1 N–H and O–H groups in total. The van der Waals surface area contributed by atoms with Gasteiger partial charge in [-0.15, -0.1) is 10.2 Å². The van der Waals surface area contributed by atoms with Crippen molar-refractivity contribution < 1.29 is 24.2 Å². The van der Waals surface area contributed by atoms with Crippen LogP contribution in [0.4, 0.5) is 15.6 Å². The largest absolute Gasteiger partial charge is 0.497 e. The third kappa shape index (κ3) is 5.60. The number of aromatic nitrogens is 2. The van der Waals surface area contributed by atoms with Crippen LogP contribution in [0.25, 0.3) is 0 Å². The van der Waals surface area contributed by atoms with Gasteiger partial charge in [0.1, 0.15) is 11.4 Å². The van der Waals surface area contributed by atoms with Crippen molar-refractivity contribution in [1.29, 1.82) is 0 Å². The lowest BCUT2D eigenvalue weighted by atomic mass is 10.2. The third-order valence-corrected chi connectivity index (χ3v) is 4.82. The number of thioether (sulfide) groups is 1. The van der Waals surface area contributed by atoms with E-state index in [0.717, 1.165) is 23.1 Å². The molecule has 140 valence electrons. The van der Waals surface area contributed by atoms with Crippen LogP contribution < -0.4 is 9.64 Å². The van der Waals surface area contributed by atoms with E-state index in [-0.39, 0.29) is 10.9 Å². The van der Waals surface area contributed by atoms with Crippen molar-refractivity contribution in [1.82, 2.24) is 10.2 Å². The first-order chi connectivity index (χ1) is 12.2. The second kappa shape index (κ2) is 8.37. The molecule has 1 aromatic carbocycles. The van der Waals surface area contributed by atoms with Crippen LogP contribution in [0, 0.1) is 0 Å². The van der Waals surface area contributed by atoms with Crippen LogP contribution in [0.1, 0.15) is 20.8 Å². The third-order valence-electron chi connectivity index (χ3n) is 2.79. The van der Waals surface area contributed by atoms with Crippen LogP contribution in [0.2, 0.25) is 0 Å². The van der Waals surface area contributed by atoms with Crippen molar-refractivity contribution in [3.63, 3.8) is 0 Å². The van der Waals surface area contributed by atoms with E-state index in [0.29, 0.717) is 15.8 Å². The van der Waals surface area contributed by atoms with Gasteiger partial charge in [-0.2, -0.15) is 0 Å². The lowest BCUT2D eigenvalue weighted by molar-refractivity contribution is -0.133. The van der Waals surface area contributed by atoms with Crippen molar-refractivity contribution in [2.24, 2.45) is 0 Å². The number of benzene rings is 1. The highest BCUT2D eigenvalue weighted by Crippen LogP contribution is 2.35. The van der Waals surface area contributed by atoms with Crippen molar-refractivity contribution in [3.8, 4) is 5.75 Å². The van der Waals surface area contributed by atoms with Gasteiger partial charge in [-0.3, -0.25) is 4.79 Å². The lowest BCUT2D eigenvalue weighted by Crippen LogP contribution is -2.33. The van der Waals surface area contributed by atoms with E-state index in [4.69, 9.17) is 14.6 Å². The van der Waals surface area contributed by atoms with Crippen LogP contribution in [-0.2, 0) is 9.53 Å². The number of carbonyl (C=O) groups is 2. The van der Waals surface area contributed by atoms with Gasteiger partial charge in [-0.05, 0) is 32.9 Å². The average molecular weight is 397 g/mol. The van der Waals surface area contributed by atoms with Crippen molar-refractivity contribution in [2.45, 2.75) is 30.7 Å². The van der Waals surface area contributed by atoms with Crippen LogP contribution in [0.15, 0.2) is 28.6 Å². The lowest BCUT2D eigenvalue weighted by Gasteiger charge is -2.25. The average Bonchev–Trinajstić information content (AvgIpc) is 3.00. The Labute approximate surface area is 159 Å². The van der Waals surface area contributed by atoms with E-state index in [1.54, 1.807) is 45.0 Å². The van der Waals surface area contributed by atoms with E-state index in [1.807, 2.05) is 0 Å². The molecule has 0 unspecified atom stereocenters. The van der Waals surface area contributed by atoms with Gasteiger partial charge in [0.2, 0.25) is 5.13 Å². The minimum atomic E-state index is -0.955. The fourth-order valence-electron chi connectivity index (χ4n) is 1.83. The molecule has 0 fully saturated rings. The second-order valence-corrected chi connectivity index (χ2v) is 8.23. The minimum absolute atomic E-state index is 0.139. The monoisotopic (exact) mass is 397 g/mol. The highest BCUT2D eigenvalue weighted by atomic mass is 32.2. The van der Waals surface area contributed by atoms with Gasteiger partial charge >= 0.3 is 12.1 Å². The van der Waals surface area contributed by atoms with Gasteiger partial charge in [-0.1, -0.05) is 29.2 Å². The smallest absolute Gasteiger partial charge is 0.421 e. The number of methoxy groups -OCH3 is 1. The Kier molecular flexibility index (Phi) is 6.43. The van der Waals surface area contributed by atoms with Crippen molar-refractivity contribution >= 4 is 46.0 Å². The number of carboxylic acids is 1. The molecule has 1 aromatic heterocycles. The zero-order valence-electron chi connectivity index (χ0n) is 14.8. The molecule has 0 aliphatic rings. The first kappa shape index (κ1) is 20.0. The molecule has 8 nitrogen and oxygen atoms in total. The maximum atomic E-state index is 12.7. The number of anilines is 2. The van der Waals surface area contributed by atoms with Crippen LogP contribution in [-0.4, -0.2) is 45.8 Å². The molecule has 1 heterocycles. The molecule has 26 heavy (non-hydrogen) atoms. The first-order valence-electron chi connectivity index (χ1n) is 7.55. The van der Waals surface area contributed by atoms with Gasteiger partial charge in [0.15, 0.2) is 4.34 Å². The maximum Gasteiger partial charge on any atom is 0.421 e. The Morgan fingerprint density at radius 1 is 1.31 bits per heavy atom. The maximum absolute atomic E-state index is 12.7. The van der Waals surface area contributed by atoms with Crippen LogP contribution in [0.3, 0.4) is 0 Å². The number of nitrogens with zero attached hydrogens (tertiary/aromatic N) is 3. The molecule has 2 aromatic rings. The van der Waals surface area contributed by atoms with Crippen LogP contribution >= 0.6 is 23.1 Å². The second-order valence-electron chi connectivity index (χ2n) is 6.05. The molecule has 0 spiro atoms. The molecule has 0 bridgehead atoms. The zero-order valence-corrected chi connectivity index (χ0v) is 16.4. The summed E-state index contributed by atoms with van der Waals surface area (Å²) in [7, 11) is 1.53. The number of hydrogen-bond acceptors (Lipinski definition) is 8. The van der Waals surface area contributed by atoms with Gasteiger partial charge < -0.3 is 14.6 Å². The van der Waals surface area contributed by atoms with E-state index >= 15 is 0 Å². The fraction of sp³-hybridized carbons (Fsp3) is 0.375. The topological polar surface area (TPSA) is 102 Å². The summed E-state index contributed by atoms with van der Waals surface area (Å²) in [5.41, 5.74) is -0.190. The SMILES string of the molecule is COc1cccc(N(C(=O)OC(C)(C)C)c2nnc(SCC(=O)O)s2)c1. The van der Waals surface area contributed by atoms with Crippen molar-refractivity contribution in [3.05, 3.63) is 24.3 Å². The van der Waals surface area contributed by atoms with E-state index in [1.165, 1.54) is 12.0 Å². The summed E-state index contributed by atoms with van der Waals surface area (Å²) in [4.78, 5) is 24.7. The quantitative estimate of drug-likeness (QED) is 0.580. The van der Waals surface area contributed by atoms with Gasteiger partial charge in [0, 0.05) is 6.07 Å². The summed E-state index contributed by atoms with van der Waals surface area (Å²) in [5.74, 6) is -0.523. The standard InChI is InChI=1S/C16H19N3O5S2/c1-16(2,3)24-15(22)19(10-6-5-7-11(8-10)23-4)13-17-18-14(26-13)25-9-12(20)21/h5-8H,9H2,1-4H3,(H,20,21). The molecule has 0 atom stereocenters. The minimum Gasteiger partial charge on any atom is -0.497 e. The number of carbonyl (C=O) groups excluding carboxylic acids is 1. The summed E-state index contributed by atoms with van der Waals surface area (Å²) >= 11 is 2.14. The molecule has 0 saturated carbocycles. The van der Waals surface area contributed by atoms with Gasteiger partial charge in [0.25, 0.3) is 0 Å². The normalized spacial score (nSPS) is 11.1. The summed E-state index contributed by atoms with van der Waals surface area (Å²) in [6, 6.07) is 6.89. The van der Waals surface area contributed by atoms with Crippen molar-refractivity contribution in [2.75, 3.05) is 17.8 Å². The Balaban J connectivity index is 2.37. The van der Waals surface area contributed by atoms with E-state index < -0.39 is 17.7 Å². The molecule has 2 rings (SSSR count). The molecular weight excluding hydrogens is 378 g/mol. The molecule has 0 radical (unpaired) electrons. The number of aliphatic carboxylic acids is 1. The van der Waals surface area contributed by atoms with Gasteiger partial charge in [-0.25, -0.2) is 9.69 Å². The van der Waals surface area contributed by atoms with Crippen LogP contribution in [0.5, 0.6) is 5.75 Å². The number of carboxylic acid groups (broad SMARTS) is 1. The first-order valence-corrected chi connectivity index (χ1v) is 9.35. The number of hydrogen-bond donors (Lipinski definition) is 1. The highest BCUT2D eigenvalue weighted by Gasteiger charge is 2.28. The molecule has 10 heteroatoms. The van der Waals surface area contributed by atoms with E-state index in [9.17, 15) is 9.59 Å². The number of ether oxygens (including phenoxy) is 2. The predicted octanol–water partition coefficient (Wildman–Crippen LogP) is 3.80. The summed E-state index contributed by atoms with van der Waals surface area (Å²) in [5, 5.41) is 17.0. The fourth-order valence-corrected chi connectivity index (χ4v) is 3.40. The Morgan fingerprint density at radius 2 is 2.04 bits per heavy atom. The summed E-state index contributed by atoms with van der Waals surface area (Å²) < 4.78 is 11.1. The molecular formula is C16H19N3O5S2. The molecule has 0 aliphatic carbocycles. The number of rotatable bonds is 6. The molecule has 1 amide bonds. The highest BCUT2D eigenvalue weighted by molar-refractivity contribution is 8.01. The zero-order chi connectivity index (χ0) is 19.3. The summed E-state index contributed by atoms with van der Waals surface area (Å²) in [6.45, 7) is 5.30. The Bertz CT molecular complexity index is 788. The number of amides is 1. The van der Waals surface area contributed by atoms with Gasteiger partial charge in [0.05, 0.1) is 18.6 Å². The Hall–Kier alpha value is -2.33.